The van der Waals surface area contributed by atoms with Crippen LogP contribution in [0.5, 0.6) is 0 Å². The quantitative estimate of drug-likeness (QED) is 0.649. The summed E-state index contributed by atoms with van der Waals surface area (Å²) >= 11 is 6.04. The molecule has 1 unspecified atom stereocenters. The Morgan fingerprint density at radius 3 is 2.46 bits per heavy atom. The number of likely N-dealkylation sites (N-methyl/N-ethyl adjacent to an activating group) is 1. The van der Waals surface area contributed by atoms with Gasteiger partial charge < -0.3 is 10.2 Å². The first-order chi connectivity index (χ1) is 10.9. The monoisotopic (exact) mass is 355 g/mol. The lowest BCUT2D eigenvalue weighted by Gasteiger charge is -2.25. The number of amides is 2. The number of benzene rings is 1. The molecule has 24 heavy (non-hydrogen) atoms. The standard InChI is InChI=1S/C16H22ClN3O4/c1-10(18-15(22)16(2,3)4)14(21)19(5)9-11-8-12(20(23)24)6-7-13(11)17/h6-8,10H,9H2,1-5H3,(H,18,22). The van der Waals surface area contributed by atoms with E-state index in [1.54, 1.807) is 34.7 Å². The molecule has 0 fully saturated rings. The molecule has 0 radical (unpaired) electrons. The zero-order chi connectivity index (χ0) is 18.7. The molecule has 0 saturated carbocycles. The largest absolute Gasteiger partial charge is 0.344 e. The van der Waals surface area contributed by atoms with Crippen molar-refractivity contribution in [2.45, 2.75) is 40.3 Å². The number of halogens is 1. The Morgan fingerprint density at radius 2 is 1.96 bits per heavy atom. The molecular weight excluding hydrogens is 334 g/mol. The summed E-state index contributed by atoms with van der Waals surface area (Å²) in [5, 5.41) is 13.8. The van der Waals surface area contributed by atoms with Crippen LogP contribution in [0.15, 0.2) is 18.2 Å². The van der Waals surface area contributed by atoms with Gasteiger partial charge in [0.05, 0.1) is 4.92 Å². The average molecular weight is 356 g/mol. The summed E-state index contributed by atoms with van der Waals surface area (Å²) in [6.07, 6.45) is 0. The number of carbonyl (C=O) groups excluding carboxylic acids is 2. The highest BCUT2D eigenvalue weighted by Crippen LogP contribution is 2.23. The molecule has 1 aromatic rings. The van der Waals surface area contributed by atoms with E-state index in [9.17, 15) is 19.7 Å². The third-order valence-corrected chi connectivity index (χ3v) is 3.79. The van der Waals surface area contributed by atoms with E-state index in [2.05, 4.69) is 5.32 Å². The van der Waals surface area contributed by atoms with Crippen molar-refractivity contribution in [1.82, 2.24) is 10.2 Å². The van der Waals surface area contributed by atoms with Crippen LogP contribution in [-0.4, -0.2) is 34.7 Å². The molecule has 0 aliphatic rings. The first-order valence-electron chi connectivity index (χ1n) is 7.42. The molecule has 0 aromatic heterocycles. The van der Waals surface area contributed by atoms with E-state index in [0.717, 1.165) is 0 Å². The smallest absolute Gasteiger partial charge is 0.269 e. The summed E-state index contributed by atoms with van der Waals surface area (Å²) in [5.74, 6) is -0.541. The van der Waals surface area contributed by atoms with E-state index >= 15 is 0 Å². The van der Waals surface area contributed by atoms with E-state index in [0.29, 0.717) is 10.6 Å². The summed E-state index contributed by atoms with van der Waals surface area (Å²) in [6.45, 7) is 6.97. The SMILES string of the molecule is CC(NC(=O)C(C)(C)C)C(=O)N(C)Cc1cc([N+](=O)[O-])ccc1Cl. The number of nitrogens with one attached hydrogen (secondary N) is 1. The number of nitro benzene ring substituents is 1. The van der Waals surface area contributed by atoms with Crippen LogP contribution in [0, 0.1) is 15.5 Å². The molecule has 0 aliphatic heterocycles. The second kappa shape index (κ2) is 7.61. The van der Waals surface area contributed by atoms with E-state index in [1.165, 1.54) is 23.1 Å². The Morgan fingerprint density at radius 1 is 1.38 bits per heavy atom. The number of nitrogens with zero attached hydrogens (tertiary/aromatic N) is 2. The molecule has 1 aromatic carbocycles. The van der Waals surface area contributed by atoms with Gasteiger partial charge in [-0.05, 0) is 18.6 Å². The van der Waals surface area contributed by atoms with Crippen LogP contribution < -0.4 is 5.32 Å². The number of hydrogen-bond donors (Lipinski definition) is 1. The lowest BCUT2D eigenvalue weighted by Crippen LogP contribution is -2.48. The Bertz CT molecular complexity index is 655. The summed E-state index contributed by atoms with van der Waals surface area (Å²) < 4.78 is 0. The summed E-state index contributed by atoms with van der Waals surface area (Å²) in [7, 11) is 1.55. The molecule has 0 spiro atoms. The van der Waals surface area contributed by atoms with E-state index < -0.39 is 16.4 Å². The minimum Gasteiger partial charge on any atom is -0.344 e. The molecule has 0 bridgehead atoms. The molecule has 0 heterocycles. The van der Waals surface area contributed by atoms with Gasteiger partial charge >= 0.3 is 0 Å². The molecule has 132 valence electrons. The van der Waals surface area contributed by atoms with Crippen LogP contribution in [-0.2, 0) is 16.1 Å². The Kier molecular flexibility index (Phi) is 6.31. The van der Waals surface area contributed by atoms with Crippen molar-refractivity contribution in [2.24, 2.45) is 5.41 Å². The van der Waals surface area contributed by atoms with Crippen molar-refractivity contribution in [3.63, 3.8) is 0 Å². The van der Waals surface area contributed by atoms with Crippen molar-refractivity contribution >= 4 is 29.1 Å². The van der Waals surface area contributed by atoms with Gasteiger partial charge in [0.15, 0.2) is 0 Å². The van der Waals surface area contributed by atoms with Gasteiger partial charge in [0.1, 0.15) is 6.04 Å². The Balaban J connectivity index is 2.82. The van der Waals surface area contributed by atoms with Crippen molar-refractivity contribution in [3.8, 4) is 0 Å². The second-order valence-corrected chi connectivity index (χ2v) is 7.08. The highest BCUT2D eigenvalue weighted by Gasteiger charge is 2.26. The highest BCUT2D eigenvalue weighted by molar-refractivity contribution is 6.31. The highest BCUT2D eigenvalue weighted by atomic mass is 35.5. The summed E-state index contributed by atoms with van der Waals surface area (Å²) in [6, 6.07) is 3.36. The number of hydrogen-bond acceptors (Lipinski definition) is 4. The van der Waals surface area contributed by atoms with Gasteiger partial charge in [-0.2, -0.15) is 0 Å². The fourth-order valence-electron chi connectivity index (χ4n) is 1.93. The van der Waals surface area contributed by atoms with Crippen molar-refractivity contribution in [2.75, 3.05) is 7.05 Å². The molecule has 1 rings (SSSR count). The third-order valence-electron chi connectivity index (χ3n) is 3.42. The van der Waals surface area contributed by atoms with Gasteiger partial charge in [-0.3, -0.25) is 19.7 Å². The molecule has 0 saturated heterocycles. The van der Waals surface area contributed by atoms with Gasteiger partial charge in [0.2, 0.25) is 11.8 Å². The van der Waals surface area contributed by atoms with Crippen molar-refractivity contribution in [3.05, 3.63) is 38.9 Å². The van der Waals surface area contributed by atoms with Crippen LogP contribution in [0.1, 0.15) is 33.3 Å². The molecule has 0 aliphatic carbocycles. The fourth-order valence-corrected chi connectivity index (χ4v) is 2.11. The first kappa shape index (κ1) is 19.9. The van der Waals surface area contributed by atoms with Gasteiger partial charge in [0.25, 0.3) is 5.69 Å². The Labute approximate surface area is 146 Å². The van der Waals surface area contributed by atoms with E-state index in [-0.39, 0.29) is 24.0 Å². The maximum atomic E-state index is 12.4. The number of non-ortho nitro benzene ring substituents is 1. The van der Waals surface area contributed by atoms with Gasteiger partial charge in [0, 0.05) is 36.2 Å². The predicted molar refractivity (Wildman–Crippen MR) is 91.6 cm³/mol. The minimum absolute atomic E-state index is 0.0932. The van der Waals surface area contributed by atoms with Gasteiger partial charge in [-0.1, -0.05) is 32.4 Å². The van der Waals surface area contributed by atoms with Crippen LogP contribution in [0.3, 0.4) is 0 Å². The average Bonchev–Trinajstić information content (AvgIpc) is 2.47. The lowest BCUT2D eigenvalue weighted by atomic mass is 9.95. The van der Waals surface area contributed by atoms with Gasteiger partial charge in [-0.25, -0.2) is 0 Å². The van der Waals surface area contributed by atoms with Crippen LogP contribution >= 0.6 is 11.6 Å². The number of rotatable bonds is 5. The van der Waals surface area contributed by atoms with Crippen LogP contribution in [0.4, 0.5) is 5.69 Å². The Hall–Kier alpha value is -2.15. The van der Waals surface area contributed by atoms with E-state index in [4.69, 9.17) is 11.6 Å². The van der Waals surface area contributed by atoms with Crippen molar-refractivity contribution in [1.29, 1.82) is 0 Å². The molecule has 8 heteroatoms. The number of carbonyl (C=O) groups is 2. The molecule has 1 N–H and O–H groups in total. The normalized spacial score (nSPS) is 12.4. The zero-order valence-corrected chi connectivity index (χ0v) is 15.2. The lowest BCUT2D eigenvalue weighted by molar-refractivity contribution is -0.384. The van der Waals surface area contributed by atoms with E-state index in [1.807, 2.05) is 0 Å². The molecule has 1 atom stereocenters. The fraction of sp³-hybridized carbons (Fsp3) is 0.500. The predicted octanol–water partition coefficient (Wildman–Crippen LogP) is 2.76. The summed E-state index contributed by atoms with van der Waals surface area (Å²) in [5.41, 5.74) is -0.225. The second-order valence-electron chi connectivity index (χ2n) is 6.67. The maximum absolute atomic E-state index is 12.4. The first-order valence-corrected chi connectivity index (χ1v) is 7.80. The van der Waals surface area contributed by atoms with Crippen LogP contribution in [0.2, 0.25) is 5.02 Å². The molecule has 2 amide bonds. The topological polar surface area (TPSA) is 92.6 Å². The minimum atomic E-state index is -0.709. The maximum Gasteiger partial charge on any atom is 0.269 e. The van der Waals surface area contributed by atoms with Crippen molar-refractivity contribution < 1.29 is 14.5 Å². The van der Waals surface area contributed by atoms with Gasteiger partial charge in [-0.15, -0.1) is 0 Å². The molecular formula is C16H22ClN3O4. The third kappa shape index (κ3) is 5.19. The summed E-state index contributed by atoms with van der Waals surface area (Å²) in [4.78, 5) is 36.0. The molecule has 7 nitrogen and oxygen atoms in total. The van der Waals surface area contributed by atoms with Crippen LogP contribution in [0.25, 0.3) is 0 Å². The zero-order valence-electron chi connectivity index (χ0n) is 14.4. The number of nitro groups is 1.